The largest absolute Gasteiger partial charge is 0.454 e. The summed E-state index contributed by atoms with van der Waals surface area (Å²) in [7, 11) is 0. The van der Waals surface area contributed by atoms with Crippen LogP contribution in [0.1, 0.15) is 11.1 Å². The van der Waals surface area contributed by atoms with Gasteiger partial charge >= 0.3 is 6.03 Å². The Morgan fingerprint density at radius 2 is 1.76 bits per heavy atom. The second-order valence-corrected chi connectivity index (χ2v) is 8.51. The summed E-state index contributed by atoms with van der Waals surface area (Å²) in [5.41, 5.74) is 4.92. The van der Waals surface area contributed by atoms with Crippen LogP contribution >= 0.6 is 0 Å². The monoisotopic (exact) mass is 494 g/mol. The van der Waals surface area contributed by atoms with Crippen molar-refractivity contribution < 1.29 is 18.8 Å². The minimum absolute atomic E-state index is 0.184. The predicted octanol–water partition coefficient (Wildman–Crippen LogP) is 5.33. The van der Waals surface area contributed by atoms with Crippen molar-refractivity contribution in [3.8, 4) is 34.5 Å². The molecule has 1 aliphatic rings. The highest BCUT2D eigenvalue weighted by atomic mass is 16.7. The molecule has 0 fully saturated rings. The molecule has 2 N–H and O–H groups in total. The lowest BCUT2D eigenvalue weighted by molar-refractivity contribution is 0.174. The molecule has 0 bridgehead atoms. The van der Waals surface area contributed by atoms with E-state index in [1.54, 1.807) is 24.5 Å². The number of benzene rings is 3. The van der Waals surface area contributed by atoms with Crippen LogP contribution in [0.25, 0.3) is 23.0 Å². The molecule has 10 nitrogen and oxygen atoms in total. The maximum Gasteiger partial charge on any atom is 0.323 e. The first-order valence-electron chi connectivity index (χ1n) is 11.6. The van der Waals surface area contributed by atoms with E-state index in [4.69, 9.17) is 14.0 Å². The number of hydrogen-bond donors (Lipinski definition) is 2. The second kappa shape index (κ2) is 9.50. The van der Waals surface area contributed by atoms with Crippen LogP contribution in [0.3, 0.4) is 0 Å². The maximum atomic E-state index is 12.4. The predicted molar refractivity (Wildman–Crippen MR) is 136 cm³/mol. The highest BCUT2D eigenvalue weighted by molar-refractivity contribution is 5.99. The van der Waals surface area contributed by atoms with E-state index in [1.807, 2.05) is 66.2 Å². The van der Waals surface area contributed by atoms with Gasteiger partial charge in [-0.2, -0.15) is 4.98 Å². The molecule has 37 heavy (non-hydrogen) atoms. The molecule has 6 rings (SSSR count). The molecule has 3 aromatic carbocycles. The number of nitrogens with one attached hydrogen (secondary N) is 2. The molecule has 3 heterocycles. The van der Waals surface area contributed by atoms with Gasteiger partial charge in [0.2, 0.25) is 12.6 Å². The van der Waals surface area contributed by atoms with Crippen molar-refractivity contribution in [2.24, 2.45) is 0 Å². The molecule has 1 aliphatic heterocycles. The van der Waals surface area contributed by atoms with E-state index < -0.39 is 0 Å². The van der Waals surface area contributed by atoms with Crippen LogP contribution in [-0.2, 0) is 6.54 Å². The molecule has 0 radical (unpaired) electrons. The molecule has 0 saturated carbocycles. The van der Waals surface area contributed by atoms with Gasteiger partial charge in [-0.25, -0.2) is 9.78 Å². The Morgan fingerprint density at radius 3 is 2.62 bits per heavy atom. The van der Waals surface area contributed by atoms with Crippen LogP contribution in [-0.4, -0.2) is 32.5 Å². The van der Waals surface area contributed by atoms with Crippen LogP contribution in [0, 0.1) is 6.92 Å². The van der Waals surface area contributed by atoms with Crippen molar-refractivity contribution in [2.75, 3.05) is 17.4 Å². The Morgan fingerprint density at radius 1 is 0.973 bits per heavy atom. The van der Waals surface area contributed by atoms with E-state index in [0.29, 0.717) is 46.8 Å². The lowest BCUT2D eigenvalue weighted by atomic mass is 10.1. The number of urea groups is 1. The van der Waals surface area contributed by atoms with Gasteiger partial charge in [0.25, 0.3) is 5.89 Å². The van der Waals surface area contributed by atoms with Gasteiger partial charge in [0.05, 0.1) is 6.33 Å². The zero-order valence-electron chi connectivity index (χ0n) is 19.8. The number of carbonyl (C=O) groups is 1. The summed E-state index contributed by atoms with van der Waals surface area (Å²) in [5.74, 6) is 2.17. The van der Waals surface area contributed by atoms with E-state index in [2.05, 4.69) is 25.8 Å². The maximum absolute atomic E-state index is 12.4. The zero-order valence-corrected chi connectivity index (χ0v) is 19.8. The number of hydrogen-bond acceptors (Lipinski definition) is 7. The fourth-order valence-electron chi connectivity index (χ4n) is 3.99. The van der Waals surface area contributed by atoms with Crippen molar-refractivity contribution in [2.45, 2.75) is 13.5 Å². The first-order valence-corrected chi connectivity index (χ1v) is 11.6. The minimum Gasteiger partial charge on any atom is -0.454 e. The Bertz CT molecular complexity index is 1570. The van der Waals surface area contributed by atoms with E-state index in [1.165, 1.54) is 0 Å². The summed E-state index contributed by atoms with van der Waals surface area (Å²) in [6, 6.07) is 20.4. The van der Waals surface area contributed by atoms with Gasteiger partial charge in [-0.05, 0) is 42.3 Å². The normalized spacial score (nSPS) is 11.9. The van der Waals surface area contributed by atoms with Crippen molar-refractivity contribution in [3.05, 3.63) is 90.4 Å². The first-order chi connectivity index (χ1) is 18.1. The summed E-state index contributed by atoms with van der Waals surface area (Å²) in [4.78, 5) is 21.3. The van der Waals surface area contributed by atoms with Gasteiger partial charge in [0.15, 0.2) is 11.5 Å². The Balaban J connectivity index is 1.07. The number of ether oxygens (including phenoxy) is 2. The number of carbonyl (C=O) groups excluding carboxylic acids is 1. The molecule has 0 spiro atoms. The highest BCUT2D eigenvalue weighted by Crippen LogP contribution is 2.34. The lowest BCUT2D eigenvalue weighted by Crippen LogP contribution is -2.19. The molecule has 2 amide bonds. The number of rotatable bonds is 6. The molecule has 0 saturated heterocycles. The second-order valence-electron chi connectivity index (χ2n) is 8.51. The van der Waals surface area contributed by atoms with Crippen LogP contribution in [0.5, 0.6) is 11.5 Å². The van der Waals surface area contributed by atoms with E-state index >= 15 is 0 Å². The van der Waals surface area contributed by atoms with Gasteiger partial charge in [-0.1, -0.05) is 41.6 Å². The number of nitrogens with zero attached hydrogens (tertiary/aromatic N) is 4. The first kappa shape index (κ1) is 22.4. The number of imidazole rings is 1. The Labute approximate surface area is 211 Å². The third kappa shape index (κ3) is 4.85. The molecule has 2 aromatic heterocycles. The van der Waals surface area contributed by atoms with E-state index in [9.17, 15) is 4.79 Å². The third-order valence-electron chi connectivity index (χ3n) is 5.87. The van der Waals surface area contributed by atoms with Crippen LogP contribution in [0.15, 0.2) is 83.8 Å². The van der Waals surface area contributed by atoms with Crippen molar-refractivity contribution in [3.63, 3.8) is 0 Å². The van der Waals surface area contributed by atoms with Crippen molar-refractivity contribution in [1.29, 1.82) is 0 Å². The number of anilines is 2. The van der Waals surface area contributed by atoms with Crippen LogP contribution in [0.2, 0.25) is 0 Å². The van der Waals surface area contributed by atoms with E-state index in [-0.39, 0.29) is 12.8 Å². The van der Waals surface area contributed by atoms with Gasteiger partial charge in [-0.15, -0.1) is 0 Å². The molecular formula is C27H22N6O4. The number of amides is 2. The highest BCUT2D eigenvalue weighted by Gasteiger charge is 2.15. The van der Waals surface area contributed by atoms with Crippen molar-refractivity contribution >= 4 is 17.4 Å². The smallest absolute Gasteiger partial charge is 0.323 e. The van der Waals surface area contributed by atoms with Crippen molar-refractivity contribution in [1.82, 2.24) is 19.7 Å². The number of aromatic nitrogens is 4. The van der Waals surface area contributed by atoms with E-state index in [0.717, 1.165) is 16.7 Å². The summed E-state index contributed by atoms with van der Waals surface area (Å²) in [6.45, 7) is 2.78. The molecule has 0 aliphatic carbocycles. The Hall–Kier alpha value is -5.12. The number of fused-ring (bicyclic) bond motifs is 1. The zero-order chi connectivity index (χ0) is 25.2. The van der Waals surface area contributed by atoms with Gasteiger partial charge < -0.3 is 29.2 Å². The summed E-state index contributed by atoms with van der Waals surface area (Å²) >= 11 is 0. The standard InChI is InChI=1S/C27H22N6O4/c1-17-4-2-3-5-21(17)25-31-26(37-32-25)22-14-33(15-28-22)13-18-6-8-19(9-7-18)29-27(34)30-20-10-11-23-24(12-20)36-16-35-23/h2-12,14-15H,13,16H2,1H3,(H2,29,30,34). The van der Waals surface area contributed by atoms with Gasteiger partial charge in [-0.3, -0.25) is 0 Å². The number of aryl methyl sites for hydroxylation is 1. The Kier molecular flexibility index (Phi) is 5.74. The molecule has 184 valence electrons. The average Bonchev–Trinajstić information content (AvgIpc) is 3.66. The molecule has 10 heteroatoms. The molecule has 5 aromatic rings. The minimum atomic E-state index is -0.351. The third-order valence-corrected chi connectivity index (χ3v) is 5.87. The average molecular weight is 495 g/mol. The van der Waals surface area contributed by atoms with Gasteiger partial charge in [0, 0.05) is 35.7 Å². The SMILES string of the molecule is Cc1ccccc1-c1noc(-c2cn(Cc3ccc(NC(=O)Nc4ccc5c(c4)OCO5)cc3)cn2)n1. The quantitative estimate of drug-likeness (QED) is 0.328. The molecular weight excluding hydrogens is 472 g/mol. The fourth-order valence-corrected chi connectivity index (χ4v) is 3.99. The summed E-state index contributed by atoms with van der Waals surface area (Å²) in [6.07, 6.45) is 3.58. The summed E-state index contributed by atoms with van der Waals surface area (Å²) < 4.78 is 18.0. The lowest BCUT2D eigenvalue weighted by Gasteiger charge is -2.09. The molecule has 0 unspecified atom stereocenters. The van der Waals surface area contributed by atoms with Crippen LogP contribution < -0.4 is 20.1 Å². The van der Waals surface area contributed by atoms with Gasteiger partial charge in [0.1, 0.15) is 5.69 Å². The summed E-state index contributed by atoms with van der Waals surface area (Å²) in [5, 5.41) is 9.72. The topological polar surface area (TPSA) is 116 Å². The fraction of sp³-hybridized carbons (Fsp3) is 0.111. The molecule has 0 atom stereocenters. The van der Waals surface area contributed by atoms with Crippen LogP contribution in [0.4, 0.5) is 16.2 Å².